The van der Waals surface area contributed by atoms with E-state index in [0.717, 1.165) is 11.8 Å². The summed E-state index contributed by atoms with van der Waals surface area (Å²) in [5, 5.41) is 3.10. The molecule has 6 aliphatic rings. The van der Waals surface area contributed by atoms with Crippen LogP contribution in [0.25, 0.3) is 11.1 Å². The molecule has 0 amide bonds. The van der Waals surface area contributed by atoms with E-state index in [0.29, 0.717) is 17.8 Å². The van der Waals surface area contributed by atoms with E-state index in [1.165, 1.54) is 126 Å². The van der Waals surface area contributed by atoms with Gasteiger partial charge in [-0.15, -0.1) is 0 Å². The fourth-order valence-corrected chi connectivity index (χ4v) is 17.1. The Hall–Kier alpha value is -5.64. The van der Waals surface area contributed by atoms with Crippen LogP contribution in [-0.2, 0) is 5.41 Å². The largest absolute Gasteiger partial charge is 0.311 e. The molecule has 0 unspecified atom stereocenters. The average molecular weight is 837 g/mol. The van der Waals surface area contributed by atoms with Crippen molar-refractivity contribution in [3.8, 4) is 11.1 Å². The van der Waals surface area contributed by atoms with E-state index in [2.05, 4.69) is 199 Å². The number of nitrogens with zero attached hydrogens (tertiary/aromatic N) is 2. The zero-order valence-corrected chi connectivity index (χ0v) is 38.1. The van der Waals surface area contributed by atoms with Gasteiger partial charge in [0, 0.05) is 39.5 Å². The Morgan fingerprint density at radius 2 is 0.857 bits per heavy atom. The molecule has 314 valence electrons. The van der Waals surface area contributed by atoms with Gasteiger partial charge in [-0.2, -0.15) is 0 Å². The van der Waals surface area contributed by atoms with E-state index in [1.54, 1.807) is 10.4 Å². The summed E-state index contributed by atoms with van der Waals surface area (Å²) in [5.41, 5.74) is 14.7. The molecule has 5 aliphatic carbocycles. The molecule has 13 rings (SSSR count). The second-order valence-corrected chi connectivity index (χ2v) is 24.8. The monoisotopic (exact) mass is 836 g/mol. The number of anilines is 6. The van der Waals surface area contributed by atoms with Crippen LogP contribution in [0.4, 0.5) is 34.1 Å². The topological polar surface area (TPSA) is 6.48 Å². The van der Waals surface area contributed by atoms with Crippen molar-refractivity contribution in [2.45, 2.75) is 88.6 Å². The molecule has 1 aliphatic heterocycles. The normalized spacial score (nSPS) is 24.2. The summed E-state index contributed by atoms with van der Waals surface area (Å²) in [5.74, 6) is 3.80. The van der Waals surface area contributed by atoms with E-state index in [1.807, 2.05) is 0 Å². The molecule has 0 atom stereocenters. The van der Waals surface area contributed by atoms with E-state index in [9.17, 15) is 0 Å². The first-order chi connectivity index (χ1) is 30.9. The lowest BCUT2D eigenvalue weighted by molar-refractivity contribution is -0.0418. The van der Waals surface area contributed by atoms with Gasteiger partial charge < -0.3 is 9.80 Å². The molecule has 7 aromatic rings. The highest BCUT2D eigenvalue weighted by Crippen LogP contribution is 2.65. The third-order valence-electron chi connectivity index (χ3n) is 16.7. The molecule has 0 saturated heterocycles. The summed E-state index contributed by atoms with van der Waals surface area (Å²) in [7, 11) is -1.75. The molecular weight excluding hydrogens is 777 g/mol. The van der Waals surface area contributed by atoms with Crippen molar-refractivity contribution in [1.29, 1.82) is 0 Å². The van der Waals surface area contributed by atoms with E-state index in [4.69, 9.17) is 0 Å². The third-order valence-corrected chi connectivity index (χ3v) is 20.3. The summed E-state index contributed by atoms with van der Waals surface area (Å²) >= 11 is 0. The number of hydrogen-bond acceptors (Lipinski definition) is 2. The highest BCUT2D eigenvalue weighted by atomic mass is 28.3. The lowest BCUT2D eigenvalue weighted by Gasteiger charge is -2.62. The first kappa shape index (κ1) is 39.0. The Morgan fingerprint density at radius 1 is 0.413 bits per heavy atom. The van der Waals surface area contributed by atoms with Crippen molar-refractivity contribution >= 4 is 52.6 Å². The molecule has 3 heteroatoms. The minimum atomic E-state index is -1.75. The molecule has 1 heterocycles. The van der Waals surface area contributed by atoms with Gasteiger partial charge >= 0.3 is 0 Å². The zero-order valence-electron chi connectivity index (χ0n) is 37.1. The van der Waals surface area contributed by atoms with Crippen LogP contribution in [0.3, 0.4) is 0 Å². The van der Waals surface area contributed by atoms with Crippen LogP contribution >= 0.6 is 0 Å². The van der Waals surface area contributed by atoms with Crippen LogP contribution in [-0.4, -0.2) is 8.07 Å². The molecule has 0 N–H and O–H groups in total. The Bertz CT molecular complexity index is 2700. The fraction of sp³-hybridized carbons (Fsp3) is 0.300. The van der Waals surface area contributed by atoms with E-state index in [-0.39, 0.29) is 5.41 Å². The fourth-order valence-electron chi connectivity index (χ4n) is 14.0. The molecule has 7 aromatic carbocycles. The summed E-state index contributed by atoms with van der Waals surface area (Å²) in [4.78, 5) is 4.95. The van der Waals surface area contributed by atoms with Crippen LogP contribution in [0, 0.1) is 23.7 Å². The van der Waals surface area contributed by atoms with Gasteiger partial charge in [-0.25, -0.2) is 0 Å². The smallest absolute Gasteiger partial charge is 0.113 e. The molecule has 5 saturated carbocycles. The van der Waals surface area contributed by atoms with Crippen molar-refractivity contribution in [2.75, 3.05) is 9.80 Å². The SMILES string of the molecule is C[Si]1(C)c2ccccc2-c2cc(N(c3ccccc3)c3ccc(C4(c5ccc(N(c6ccccc6)c6ccc(C7CCCCC7)cc6)cc5)C5CC6CC(C5)CC4C6)cc3)ccc21. The van der Waals surface area contributed by atoms with E-state index >= 15 is 0 Å². The lowest BCUT2D eigenvalue weighted by atomic mass is 9.42. The van der Waals surface area contributed by atoms with Crippen molar-refractivity contribution in [1.82, 2.24) is 0 Å². The van der Waals surface area contributed by atoms with Crippen LogP contribution in [0.15, 0.2) is 176 Å². The summed E-state index contributed by atoms with van der Waals surface area (Å²) < 4.78 is 0. The maximum absolute atomic E-state index is 2.53. The Kier molecular flexibility index (Phi) is 9.63. The first-order valence-corrected chi connectivity index (χ1v) is 27.2. The summed E-state index contributed by atoms with van der Waals surface area (Å²) in [6.07, 6.45) is 13.6. The molecule has 0 spiro atoms. The molecule has 0 radical (unpaired) electrons. The van der Waals surface area contributed by atoms with Gasteiger partial charge in [-0.3, -0.25) is 0 Å². The average Bonchev–Trinajstić information content (AvgIpc) is 3.56. The van der Waals surface area contributed by atoms with Crippen LogP contribution in [0.5, 0.6) is 0 Å². The van der Waals surface area contributed by atoms with E-state index < -0.39 is 8.07 Å². The molecular formula is C60H60N2Si. The van der Waals surface area contributed by atoms with Crippen molar-refractivity contribution in [3.63, 3.8) is 0 Å². The molecule has 0 aromatic heterocycles. The van der Waals surface area contributed by atoms with Gasteiger partial charge in [0.15, 0.2) is 0 Å². The zero-order chi connectivity index (χ0) is 42.1. The highest BCUT2D eigenvalue weighted by Gasteiger charge is 2.58. The van der Waals surface area contributed by atoms with Gasteiger partial charge in [0.1, 0.15) is 8.07 Å². The van der Waals surface area contributed by atoms with Crippen molar-refractivity contribution < 1.29 is 0 Å². The minimum absolute atomic E-state index is 0.00870. The second kappa shape index (κ2) is 15.6. The Morgan fingerprint density at radius 3 is 1.41 bits per heavy atom. The third kappa shape index (κ3) is 6.48. The quantitative estimate of drug-likeness (QED) is 0.134. The lowest BCUT2D eigenvalue weighted by Crippen LogP contribution is -2.56. The van der Waals surface area contributed by atoms with Gasteiger partial charge in [0.05, 0.1) is 0 Å². The predicted octanol–water partition coefficient (Wildman–Crippen LogP) is 15.2. The highest BCUT2D eigenvalue weighted by molar-refractivity contribution is 7.03. The molecule has 63 heavy (non-hydrogen) atoms. The number of fused-ring (bicyclic) bond motifs is 3. The number of benzene rings is 7. The first-order valence-electron chi connectivity index (χ1n) is 24.2. The molecule has 2 nitrogen and oxygen atoms in total. The standard InChI is InChI=1S/C60H60N2Si/c1-63(2)58-21-13-12-20-56(58)57-41-55(34-35-59(57)63)62(51-18-10-5-11-19-51)54-32-26-47(27-33-54)60(48-37-42-36-43(39-48)40-49(60)38-42)46-24-30-53(31-25-46)61(50-16-8-4-9-17-50)52-28-22-45(23-29-52)44-14-6-3-7-15-44/h4-5,8-13,16-35,41-44,48-49H,3,6-7,14-15,36-40H2,1-2H3. The predicted molar refractivity (Wildman–Crippen MR) is 268 cm³/mol. The van der Waals surface area contributed by atoms with Gasteiger partial charge in [-0.05, 0) is 186 Å². The van der Waals surface area contributed by atoms with Crippen molar-refractivity contribution in [3.05, 3.63) is 193 Å². The maximum Gasteiger partial charge on any atom is 0.113 e. The Balaban J connectivity index is 0.928. The van der Waals surface area contributed by atoms with Gasteiger partial charge in [0.25, 0.3) is 0 Å². The second-order valence-electron chi connectivity index (χ2n) is 20.4. The maximum atomic E-state index is 2.53. The number of hydrogen-bond donors (Lipinski definition) is 0. The van der Waals surface area contributed by atoms with Gasteiger partial charge in [0.2, 0.25) is 0 Å². The van der Waals surface area contributed by atoms with Crippen LogP contribution < -0.4 is 20.2 Å². The number of para-hydroxylation sites is 2. The number of rotatable bonds is 9. The molecule has 5 fully saturated rings. The Labute approximate surface area is 376 Å². The summed E-state index contributed by atoms with van der Waals surface area (Å²) in [6, 6.07) is 67.9. The minimum Gasteiger partial charge on any atom is -0.311 e. The van der Waals surface area contributed by atoms with Gasteiger partial charge in [-0.1, -0.05) is 135 Å². The molecule has 4 bridgehead atoms. The van der Waals surface area contributed by atoms with Crippen LogP contribution in [0.2, 0.25) is 13.1 Å². The summed E-state index contributed by atoms with van der Waals surface area (Å²) in [6.45, 7) is 5.02. The van der Waals surface area contributed by atoms with Crippen LogP contribution in [0.1, 0.15) is 86.8 Å². The van der Waals surface area contributed by atoms with Crippen molar-refractivity contribution in [2.24, 2.45) is 23.7 Å².